The molecule has 0 atom stereocenters. The summed E-state index contributed by atoms with van der Waals surface area (Å²) in [6, 6.07) is 11.6. The molecule has 1 saturated carbocycles. The molecular formula is C25H27ClN4O3. The SMILES string of the molecule is CCOc1ccc(-c2cc(C(=O)NC3CC(CNC4COC4)C3)c3ccc(Cl)cc3n2)cn1. The van der Waals surface area contributed by atoms with Gasteiger partial charge in [0.1, 0.15) is 0 Å². The maximum atomic E-state index is 13.3. The number of nitrogens with zero attached hydrogens (tertiary/aromatic N) is 2. The fourth-order valence-electron chi connectivity index (χ4n) is 4.27. The van der Waals surface area contributed by atoms with E-state index in [9.17, 15) is 4.79 Å². The Kier molecular flexibility index (Phi) is 6.44. The van der Waals surface area contributed by atoms with E-state index in [1.165, 1.54) is 0 Å². The molecule has 5 rings (SSSR count). The van der Waals surface area contributed by atoms with Crippen molar-refractivity contribution < 1.29 is 14.3 Å². The number of hydrogen-bond donors (Lipinski definition) is 2. The molecule has 1 aliphatic carbocycles. The Labute approximate surface area is 197 Å². The molecule has 2 aliphatic rings. The second-order valence-electron chi connectivity index (χ2n) is 8.69. The van der Waals surface area contributed by atoms with Crippen molar-refractivity contribution in [1.29, 1.82) is 0 Å². The maximum absolute atomic E-state index is 13.3. The van der Waals surface area contributed by atoms with Crippen molar-refractivity contribution in [1.82, 2.24) is 20.6 Å². The third-order valence-electron chi connectivity index (χ3n) is 6.25. The van der Waals surface area contributed by atoms with Crippen molar-refractivity contribution in [2.24, 2.45) is 5.92 Å². The van der Waals surface area contributed by atoms with E-state index in [0.29, 0.717) is 46.2 Å². The second kappa shape index (κ2) is 9.63. The highest BCUT2D eigenvalue weighted by Gasteiger charge is 2.32. The molecule has 2 fully saturated rings. The smallest absolute Gasteiger partial charge is 0.252 e. The Morgan fingerprint density at radius 1 is 1.18 bits per heavy atom. The monoisotopic (exact) mass is 466 g/mol. The summed E-state index contributed by atoms with van der Waals surface area (Å²) < 4.78 is 10.6. The van der Waals surface area contributed by atoms with Gasteiger partial charge >= 0.3 is 0 Å². The molecule has 1 saturated heterocycles. The van der Waals surface area contributed by atoms with Crippen LogP contribution >= 0.6 is 11.6 Å². The summed E-state index contributed by atoms with van der Waals surface area (Å²) in [6.07, 6.45) is 3.68. The lowest BCUT2D eigenvalue weighted by atomic mass is 9.80. The Morgan fingerprint density at radius 3 is 2.73 bits per heavy atom. The molecule has 8 heteroatoms. The number of halogens is 1. The summed E-state index contributed by atoms with van der Waals surface area (Å²) >= 11 is 6.22. The van der Waals surface area contributed by atoms with E-state index in [-0.39, 0.29) is 11.9 Å². The lowest BCUT2D eigenvalue weighted by Gasteiger charge is -2.38. The Bertz CT molecular complexity index is 1140. The van der Waals surface area contributed by atoms with E-state index in [4.69, 9.17) is 26.1 Å². The minimum absolute atomic E-state index is 0.0892. The third-order valence-corrected chi connectivity index (χ3v) is 6.48. The maximum Gasteiger partial charge on any atom is 0.252 e. The number of carbonyl (C=O) groups is 1. The van der Waals surface area contributed by atoms with Crippen LogP contribution in [0, 0.1) is 5.92 Å². The van der Waals surface area contributed by atoms with Gasteiger partial charge in [0, 0.05) is 34.3 Å². The molecule has 0 radical (unpaired) electrons. The summed E-state index contributed by atoms with van der Waals surface area (Å²) in [4.78, 5) is 22.3. The lowest BCUT2D eigenvalue weighted by molar-refractivity contribution is -0.00853. The van der Waals surface area contributed by atoms with Gasteiger partial charge in [-0.3, -0.25) is 4.79 Å². The van der Waals surface area contributed by atoms with E-state index < -0.39 is 0 Å². The van der Waals surface area contributed by atoms with Gasteiger partial charge in [0.05, 0.1) is 42.6 Å². The molecule has 33 heavy (non-hydrogen) atoms. The van der Waals surface area contributed by atoms with Crippen molar-refractivity contribution in [3.63, 3.8) is 0 Å². The van der Waals surface area contributed by atoms with Gasteiger partial charge in [-0.15, -0.1) is 0 Å². The van der Waals surface area contributed by atoms with Gasteiger partial charge in [-0.05, 0) is 56.5 Å². The molecule has 7 nitrogen and oxygen atoms in total. The number of rotatable bonds is 8. The molecule has 2 N–H and O–H groups in total. The van der Waals surface area contributed by atoms with E-state index in [2.05, 4.69) is 15.6 Å². The van der Waals surface area contributed by atoms with Crippen LogP contribution in [0.25, 0.3) is 22.2 Å². The topological polar surface area (TPSA) is 85.4 Å². The Hall–Kier alpha value is -2.74. The first-order chi connectivity index (χ1) is 16.1. The second-order valence-corrected chi connectivity index (χ2v) is 9.12. The molecule has 2 aromatic heterocycles. The fraction of sp³-hybridized carbons (Fsp3) is 0.400. The first kappa shape index (κ1) is 22.1. The molecule has 0 bridgehead atoms. The molecule has 0 unspecified atom stereocenters. The van der Waals surface area contributed by atoms with Gasteiger partial charge in [0.15, 0.2) is 0 Å². The zero-order valence-corrected chi connectivity index (χ0v) is 19.3. The number of nitrogens with one attached hydrogen (secondary N) is 2. The number of ether oxygens (including phenoxy) is 2. The molecule has 3 heterocycles. The lowest BCUT2D eigenvalue weighted by Crippen LogP contribution is -2.52. The molecule has 1 aromatic carbocycles. The van der Waals surface area contributed by atoms with Crippen LogP contribution in [0.2, 0.25) is 5.02 Å². The highest BCUT2D eigenvalue weighted by Crippen LogP contribution is 2.30. The first-order valence-corrected chi connectivity index (χ1v) is 11.8. The average molecular weight is 467 g/mol. The van der Waals surface area contributed by atoms with Gasteiger partial charge in [0.2, 0.25) is 5.88 Å². The van der Waals surface area contributed by atoms with E-state index in [0.717, 1.165) is 43.5 Å². The van der Waals surface area contributed by atoms with Crippen molar-refractivity contribution >= 4 is 28.4 Å². The minimum atomic E-state index is -0.0892. The number of carbonyl (C=O) groups excluding carboxylic acids is 1. The fourth-order valence-corrected chi connectivity index (χ4v) is 4.44. The van der Waals surface area contributed by atoms with Gasteiger partial charge < -0.3 is 20.1 Å². The van der Waals surface area contributed by atoms with Crippen LogP contribution in [-0.4, -0.2) is 54.3 Å². The summed E-state index contributed by atoms with van der Waals surface area (Å²) in [6.45, 7) is 5.05. The molecule has 1 amide bonds. The number of hydrogen-bond acceptors (Lipinski definition) is 6. The van der Waals surface area contributed by atoms with Crippen molar-refractivity contribution in [3.8, 4) is 17.1 Å². The summed E-state index contributed by atoms with van der Waals surface area (Å²) in [5.41, 5.74) is 2.75. The number of pyridine rings is 2. The Balaban J connectivity index is 1.33. The zero-order valence-electron chi connectivity index (χ0n) is 18.5. The van der Waals surface area contributed by atoms with Crippen molar-refractivity contribution in [3.05, 3.63) is 53.2 Å². The van der Waals surface area contributed by atoms with Crippen molar-refractivity contribution in [2.75, 3.05) is 26.4 Å². The largest absolute Gasteiger partial charge is 0.478 e. The highest BCUT2D eigenvalue weighted by atomic mass is 35.5. The molecule has 172 valence electrons. The van der Waals surface area contributed by atoms with Crippen LogP contribution in [0.5, 0.6) is 5.88 Å². The summed E-state index contributed by atoms with van der Waals surface area (Å²) in [5.74, 6) is 1.06. The quantitative estimate of drug-likeness (QED) is 0.524. The zero-order chi connectivity index (χ0) is 22.8. The number of aromatic nitrogens is 2. The van der Waals surface area contributed by atoms with Crippen LogP contribution in [0.15, 0.2) is 42.6 Å². The highest BCUT2D eigenvalue weighted by molar-refractivity contribution is 6.31. The third kappa shape index (κ3) is 4.95. The van der Waals surface area contributed by atoms with Crippen molar-refractivity contribution in [2.45, 2.75) is 31.8 Å². The summed E-state index contributed by atoms with van der Waals surface area (Å²) in [7, 11) is 0. The average Bonchev–Trinajstić information content (AvgIpc) is 2.75. The van der Waals surface area contributed by atoms with Crippen LogP contribution in [0.4, 0.5) is 0 Å². The first-order valence-electron chi connectivity index (χ1n) is 11.4. The van der Waals surface area contributed by atoms with Crippen LogP contribution in [0.3, 0.4) is 0 Å². The van der Waals surface area contributed by atoms with Gasteiger partial charge in [-0.1, -0.05) is 17.7 Å². The minimum Gasteiger partial charge on any atom is -0.478 e. The predicted molar refractivity (Wildman–Crippen MR) is 128 cm³/mol. The number of amides is 1. The molecular weight excluding hydrogens is 440 g/mol. The number of fused-ring (bicyclic) bond motifs is 1. The van der Waals surface area contributed by atoms with Gasteiger partial charge in [-0.2, -0.15) is 0 Å². The van der Waals surface area contributed by atoms with E-state index in [1.807, 2.05) is 25.1 Å². The normalized spacial score (nSPS) is 20.2. The standard InChI is InChI=1S/C25H27ClN4O3/c1-2-33-24-6-3-16(12-28-24)22-10-21(20-5-4-17(26)9-23(20)30-22)25(31)29-18-7-15(8-18)11-27-19-13-32-14-19/h3-6,9-10,12,15,18-19,27H,2,7-8,11,13-14H2,1H3,(H,29,31). The van der Waals surface area contributed by atoms with Crippen LogP contribution in [0.1, 0.15) is 30.1 Å². The van der Waals surface area contributed by atoms with E-state index in [1.54, 1.807) is 24.4 Å². The van der Waals surface area contributed by atoms with Crippen LogP contribution < -0.4 is 15.4 Å². The molecule has 1 aliphatic heterocycles. The molecule has 3 aromatic rings. The van der Waals surface area contributed by atoms with Gasteiger partial charge in [0.25, 0.3) is 5.91 Å². The summed E-state index contributed by atoms with van der Waals surface area (Å²) in [5, 5.41) is 8.08. The Morgan fingerprint density at radius 2 is 2.03 bits per heavy atom. The van der Waals surface area contributed by atoms with Crippen LogP contribution in [-0.2, 0) is 4.74 Å². The van der Waals surface area contributed by atoms with E-state index >= 15 is 0 Å². The predicted octanol–water partition coefficient (Wildman–Crippen LogP) is 3.85. The van der Waals surface area contributed by atoms with Gasteiger partial charge in [-0.25, -0.2) is 9.97 Å². The molecule has 0 spiro atoms. The number of benzene rings is 1.